The first kappa shape index (κ1) is 16.1. The van der Waals surface area contributed by atoms with E-state index < -0.39 is 10.0 Å². The molecule has 1 aromatic heterocycles. The molecule has 6 nitrogen and oxygen atoms in total. The predicted octanol–water partition coefficient (Wildman–Crippen LogP) is 0.750. The van der Waals surface area contributed by atoms with Crippen LogP contribution in [0.2, 0.25) is 0 Å². The lowest BCUT2D eigenvalue weighted by Gasteiger charge is -2.10. The minimum atomic E-state index is -3.46. The summed E-state index contributed by atoms with van der Waals surface area (Å²) in [5, 5.41) is 4.24. The number of sulfonamides is 1. The molecular formula is C12H24N4O2S. The van der Waals surface area contributed by atoms with Crippen molar-refractivity contribution in [2.75, 3.05) is 27.2 Å². The van der Waals surface area contributed by atoms with Crippen molar-refractivity contribution in [1.82, 2.24) is 19.4 Å². The lowest BCUT2D eigenvalue weighted by molar-refractivity contribution is 0.400. The average molecular weight is 288 g/mol. The van der Waals surface area contributed by atoms with Crippen molar-refractivity contribution in [2.45, 2.75) is 38.6 Å². The Labute approximate surface area is 115 Å². The third kappa shape index (κ3) is 4.02. The molecule has 0 fully saturated rings. The van der Waals surface area contributed by atoms with Crippen LogP contribution in [0.3, 0.4) is 0 Å². The molecule has 7 heteroatoms. The molecule has 0 radical (unpaired) electrons. The minimum absolute atomic E-state index is 0.319. The van der Waals surface area contributed by atoms with Gasteiger partial charge in [-0.2, -0.15) is 5.10 Å². The van der Waals surface area contributed by atoms with Crippen LogP contribution in [0, 0.1) is 13.8 Å². The number of aromatic nitrogens is 2. The summed E-state index contributed by atoms with van der Waals surface area (Å²) in [7, 11) is 0.472. The number of hydrogen-bond donors (Lipinski definition) is 1. The van der Waals surface area contributed by atoms with Crippen LogP contribution in [0.4, 0.5) is 0 Å². The highest BCUT2D eigenvalue weighted by atomic mass is 32.2. The van der Waals surface area contributed by atoms with Crippen molar-refractivity contribution in [3.63, 3.8) is 0 Å². The van der Waals surface area contributed by atoms with Crippen molar-refractivity contribution in [3.05, 3.63) is 11.4 Å². The standard InChI is InChI=1S/C12H24N4O2S/c1-6-16-11(3)12(10(2)14-16)19(17,18)13-8-7-9-15(4)5/h13H,6-9H2,1-5H3. The maximum Gasteiger partial charge on any atom is 0.244 e. The molecule has 1 aromatic rings. The molecular weight excluding hydrogens is 264 g/mol. The summed E-state index contributed by atoms with van der Waals surface area (Å²) in [6, 6.07) is 0. The fourth-order valence-corrected chi connectivity index (χ4v) is 3.53. The Morgan fingerprint density at radius 3 is 2.42 bits per heavy atom. The number of rotatable bonds is 7. The van der Waals surface area contributed by atoms with Gasteiger partial charge in [-0.05, 0) is 47.8 Å². The molecule has 1 rings (SSSR count). The van der Waals surface area contributed by atoms with Crippen LogP contribution >= 0.6 is 0 Å². The summed E-state index contributed by atoms with van der Waals surface area (Å²) < 4.78 is 28.9. The molecule has 1 heterocycles. The normalized spacial score (nSPS) is 12.3. The van der Waals surface area contributed by atoms with E-state index >= 15 is 0 Å². The van der Waals surface area contributed by atoms with E-state index in [-0.39, 0.29) is 0 Å². The summed E-state index contributed by atoms with van der Waals surface area (Å²) in [5.41, 5.74) is 1.25. The number of aryl methyl sites for hydroxylation is 2. The first-order valence-corrected chi connectivity index (χ1v) is 7.96. The van der Waals surface area contributed by atoms with Crippen LogP contribution < -0.4 is 4.72 Å². The van der Waals surface area contributed by atoms with Crippen molar-refractivity contribution in [1.29, 1.82) is 0 Å². The zero-order chi connectivity index (χ0) is 14.6. The molecule has 0 bridgehead atoms. The summed E-state index contributed by atoms with van der Waals surface area (Å²) in [6.07, 6.45) is 0.784. The first-order chi connectivity index (χ1) is 8.79. The van der Waals surface area contributed by atoms with E-state index in [0.29, 0.717) is 29.4 Å². The van der Waals surface area contributed by atoms with Crippen LogP contribution in [0.25, 0.3) is 0 Å². The van der Waals surface area contributed by atoms with E-state index in [1.165, 1.54) is 0 Å². The van der Waals surface area contributed by atoms with E-state index in [1.54, 1.807) is 18.5 Å². The molecule has 0 aliphatic heterocycles. The van der Waals surface area contributed by atoms with Crippen LogP contribution in [-0.2, 0) is 16.6 Å². The van der Waals surface area contributed by atoms with Gasteiger partial charge in [0.15, 0.2) is 0 Å². The molecule has 1 N–H and O–H groups in total. The van der Waals surface area contributed by atoms with Crippen molar-refractivity contribution in [2.24, 2.45) is 0 Å². The summed E-state index contributed by atoms with van der Waals surface area (Å²) >= 11 is 0. The maximum absolute atomic E-state index is 12.3. The monoisotopic (exact) mass is 288 g/mol. The molecule has 0 unspecified atom stereocenters. The van der Waals surface area contributed by atoms with Crippen LogP contribution in [-0.4, -0.2) is 50.3 Å². The van der Waals surface area contributed by atoms with Crippen molar-refractivity contribution in [3.8, 4) is 0 Å². The zero-order valence-electron chi connectivity index (χ0n) is 12.4. The molecule has 0 amide bonds. The molecule has 19 heavy (non-hydrogen) atoms. The molecule has 0 aliphatic carbocycles. The fourth-order valence-electron chi connectivity index (χ4n) is 2.05. The third-order valence-electron chi connectivity index (χ3n) is 2.96. The number of nitrogens with one attached hydrogen (secondary N) is 1. The third-order valence-corrected chi connectivity index (χ3v) is 4.67. The van der Waals surface area contributed by atoms with Gasteiger partial charge in [0.1, 0.15) is 4.90 Å². The van der Waals surface area contributed by atoms with E-state index in [9.17, 15) is 8.42 Å². The van der Waals surface area contributed by atoms with Gasteiger partial charge in [-0.1, -0.05) is 0 Å². The Balaban J connectivity index is 2.80. The van der Waals surface area contributed by atoms with Crippen molar-refractivity contribution >= 4 is 10.0 Å². The molecule has 0 aromatic carbocycles. The van der Waals surface area contributed by atoms with E-state index in [4.69, 9.17) is 0 Å². The van der Waals surface area contributed by atoms with Gasteiger partial charge in [-0.25, -0.2) is 13.1 Å². The van der Waals surface area contributed by atoms with Gasteiger partial charge in [-0.3, -0.25) is 4.68 Å². The Bertz CT molecular complexity index is 520. The lowest BCUT2D eigenvalue weighted by Crippen LogP contribution is -2.28. The largest absolute Gasteiger partial charge is 0.309 e. The molecule has 110 valence electrons. The Morgan fingerprint density at radius 1 is 1.32 bits per heavy atom. The van der Waals surface area contributed by atoms with Gasteiger partial charge in [0, 0.05) is 13.1 Å². The second-order valence-corrected chi connectivity index (χ2v) is 6.57. The molecule has 0 saturated heterocycles. The Hall–Kier alpha value is -0.920. The second-order valence-electron chi connectivity index (χ2n) is 4.87. The summed E-state index contributed by atoms with van der Waals surface area (Å²) in [5.74, 6) is 0. The van der Waals surface area contributed by atoms with E-state index in [0.717, 1.165) is 13.0 Å². The van der Waals surface area contributed by atoms with Gasteiger partial charge >= 0.3 is 0 Å². The van der Waals surface area contributed by atoms with Gasteiger partial charge in [0.25, 0.3) is 0 Å². The van der Waals surface area contributed by atoms with Gasteiger partial charge in [0.2, 0.25) is 10.0 Å². The first-order valence-electron chi connectivity index (χ1n) is 6.48. The highest BCUT2D eigenvalue weighted by Gasteiger charge is 2.23. The SMILES string of the molecule is CCn1nc(C)c(S(=O)(=O)NCCCN(C)C)c1C. The van der Waals surface area contributed by atoms with E-state index in [2.05, 4.69) is 9.82 Å². The quantitative estimate of drug-likeness (QED) is 0.752. The average Bonchev–Trinajstić information content (AvgIpc) is 2.60. The van der Waals surface area contributed by atoms with Crippen LogP contribution in [0.15, 0.2) is 4.90 Å². The highest BCUT2D eigenvalue weighted by Crippen LogP contribution is 2.18. The highest BCUT2D eigenvalue weighted by molar-refractivity contribution is 7.89. The fraction of sp³-hybridized carbons (Fsp3) is 0.750. The molecule has 0 aliphatic rings. The van der Waals surface area contributed by atoms with Gasteiger partial charge in [-0.15, -0.1) is 0 Å². The number of nitrogens with zero attached hydrogens (tertiary/aromatic N) is 3. The second kappa shape index (κ2) is 6.49. The predicted molar refractivity (Wildman–Crippen MR) is 75.7 cm³/mol. The van der Waals surface area contributed by atoms with Crippen LogP contribution in [0.5, 0.6) is 0 Å². The Kier molecular flexibility index (Phi) is 5.51. The summed E-state index contributed by atoms with van der Waals surface area (Å²) in [4.78, 5) is 2.35. The van der Waals surface area contributed by atoms with Crippen molar-refractivity contribution < 1.29 is 8.42 Å². The zero-order valence-corrected chi connectivity index (χ0v) is 13.2. The molecule has 0 atom stereocenters. The minimum Gasteiger partial charge on any atom is -0.309 e. The van der Waals surface area contributed by atoms with Crippen LogP contribution in [0.1, 0.15) is 24.7 Å². The Morgan fingerprint density at radius 2 is 1.95 bits per heavy atom. The van der Waals surface area contributed by atoms with Gasteiger partial charge in [0.05, 0.1) is 11.4 Å². The molecule has 0 spiro atoms. The van der Waals surface area contributed by atoms with Gasteiger partial charge < -0.3 is 4.90 Å². The topological polar surface area (TPSA) is 67.2 Å². The van der Waals surface area contributed by atoms with E-state index in [1.807, 2.05) is 25.9 Å². The smallest absolute Gasteiger partial charge is 0.244 e. The lowest BCUT2D eigenvalue weighted by atomic mass is 10.4. The number of hydrogen-bond acceptors (Lipinski definition) is 4. The maximum atomic E-state index is 12.3. The summed E-state index contributed by atoms with van der Waals surface area (Å²) in [6.45, 7) is 7.43. The molecule has 0 saturated carbocycles.